The summed E-state index contributed by atoms with van der Waals surface area (Å²) < 4.78 is 0. The summed E-state index contributed by atoms with van der Waals surface area (Å²) in [5, 5.41) is 0. The summed E-state index contributed by atoms with van der Waals surface area (Å²) in [6, 6.07) is 0. The van der Waals surface area contributed by atoms with E-state index >= 15 is 0 Å². The number of hydrogen-bond donors (Lipinski definition) is 0. The van der Waals surface area contributed by atoms with Crippen LogP contribution in [0.3, 0.4) is 0 Å². The van der Waals surface area contributed by atoms with Crippen molar-refractivity contribution in [2.24, 2.45) is 0 Å². The van der Waals surface area contributed by atoms with E-state index < -0.39 is 0 Å². The van der Waals surface area contributed by atoms with Gasteiger partial charge in [0.05, 0.1) is 0 Å². The zero-order valence-corrected chi connectivity index (χ0v) is 9.94. The van der Waals surface area contributed by atoms with Gasteiger partial charge in [0, 0.05) is 25.1 Å². The van der Waals surface area contributed by atoms with Gasteiger partial charge in [0.15, 0.2) is 0 Å². The lowest BCUT2D eigenvalue weighted by atomic mass is 10.2. The van der Waals surface area contributed by atoms with Gasteiger partial charge in [-0.05, 0) is 31.7 Å². The second kappa shape index (κ2) is 7.30. The zero-order chi connectivity index (χ0) is 10.2. The van der Waals surface area contributed by atoms with Crippen molar-refractivity contribution >= 4 is 17.5 Å². The molecule has 0 radical (unpaired) electrons. The Labute approximate surface area is 91.4 Å². The number of carbonyl (C=O) groups is 1. The normalized spacial score (nSPS) is 19.2. The van der Waals surface area contributed by atoms with Crippen LogP contribution >= 0.6 is 11.8 Å². The van der Waals surface area contributed by atoms with Crippen LogP contribution < -0.4 is 0 Å². The maximum Gasteiger partial charge on any atom is 0.132 e. The first-order valence-corrected chi connectivity index (χ1v) is 6.80. The van der Waals surface area contributed by atoms with E-state index in [1.165, 1.54) is 31.0 Å². The molecule has 1 saturated heterocycles. The van der Waals surface area contributed by atoms with Gasteiger partial charge < -0.3 is 4.90 Å². The van der Waals surface area contributed by atoms with Gasteiger partial charge in [0.2, 0.25) is 0 Å². The monoisotopic (exact) mass is 215 g/mol. The second-order valence-electron chi connectivity index (χ2n) is 3.80. The highest BCUT2D eigenvalue weighted by atomic mass is 32.2. The molecule has 14 heavy (non-hydrogen) atoms. The minimum atomic E-state index is 0.411. The van der Waals surface area contributed by atoms with E-state index in [-0.39, 0.29) is 0 Å². The molecule has 0 aliphatic carbocycles. The average Bonchev–Trinajstić information content (AvgIpc) is 2.46. The highest BCUT2D eigenvalue weighted by molar-refractivity contribution is 7.99. The summed E-state index contributed by atoms with van der Waals surface area (Å²) in [5.74, 6) is 2.99. The smallest absolute Gasteiger partial charge is 0.132 e. The molecule has 0 atom stereocenters. The van der Waals surface area contributed by atoms with Gasteiger partial charge in [-0.15, -0.1) is 0 Å². The summed E-state index contributed by atoms with van der Waals surface area (Å²) in [6.45, 7) is 5.51. The molecule has 2 nitrogen and oxygen atoms in total. The van der Waals surface area contributed by atoms with Gasteiger partial charge >= 0.3 is 0 Å². The van der Waals surface area contributed by atoms with Gasteiger partial charge in [-0.25, -0.2) is 0 Å². The van der Waals surface area contributed by atoms with Crippen molar-refractivity contribution in [2.75, 3.05) is 31.1 Å². The Morgan fingerprint density at radius 2 is 2.21 bits per heavy atom. The van der Waals surface area contributed by atoms with Gasteiger partial charge in [0.1, 0.15) is 5.78 Å². The van der Waals surface area contributed by atoms with E-state index in [4.69, 9.17) is 0 Å². The third kappa shape index (κ3) is 5.01. The molecule has 0 N–H and O–H groups in total. The fourth-order valence-electron chi connectivity index (χ4n) is 1.70. The third-order valence-electron chi connectivity index (χ3n) is 2.64. The van der Waals surface area contributed by atoms with Crippen molar-refractivity contribution in [3.05, 3.63) is 0 Å². The summed E-state index contributed by atoms with van der Waals surface area (Å²) in [4.78, 5) is 13.6. The Balaban J connectivity index is 2.07. The molecule has 1 aliphatic heterocycles. The molecular weight excluding hydrogens is 194 g/mol. The number of Topliss-reactive ketones (excluding diaryl/α,β-unsaturated/α-hetero) is 1. The average molecular weight is 215 g/mol. The number of thioether (sulfide) groups is 1. The highest BCUT2D eigenvalue weighted by Gasteiger charge is 2.08. The first-order valence-electron chi connectivity index (χ1n) is 5.64. The molecule has 0 amide bonds. The number of hydrogen-bond acceptors (Lipinski definition) is 3. The van der Waals surface area contributed by atoms with E-state index in [1.807, 2.05) is 6.92 Å². The van der Waals surface area contributed by atoms with Crippen LogP contribution in [-0.2, 0) is 4.79 Å². The van der Waals surface area contributed by atoms with Crippen LogP contribution in [0, 0.1) is 0 Å². The van der Waals surface area contributed by atoms with Crippen LogP contribution in [-0.4, -0.2) is 41.8 Å². The Bertz CT molecular complexity index is 165. The molecule has 1 rings (SSSR count). The molecule has 0 aromatic heterocycles. The van der Waals surface area contributed by atoms with Crippen molar-refractivity contribution in [2.45, 2.75) is 32.6 Å². The summed E-state index contributed by atoms with van der Waals surface area (Å²) in [6.07, 6.45) is 3.85. The fraction of sp³-hybridized carbons (Fsp3) is 0.909. The molecule has 0 saturated carbocycles. The first-order chi connectivity index (χ1) is 6.83. The molecule has 3 heteroatoms. The molecule has 0 bridgehead atoms. The van der Waals surface area contributed by atoms with Crippen molar-refractivity contribution < 1.29 is 4.79 Å². The van der Waals surface area contributed by atoms with Gasteiger partial charge in [-0.3, -0.25) is 4.79 Å². The van der Waals surface area contributed by atoms with E-state index in [9.17, 15) is 4.79 Å². The Hall–Kier alpha value is -0.0200. The standard InChI is InChI=1S/C11H21NOS/c1-2-11(13)5-3-6-12-7-4-9-14-10-8-12/h2-10H2,1H3. The Morgan fingerprint density at radius 1 is 1.36 bits per heavy atom. The van der Waals surface area contributed by atoms with Crippen LogP contribution in [0.25, 0.3) is 0 Å². The molecule has 82 valence electrons. The molecule has 0 aromatic rings. The van der Waals surface area contributed by atoms with Crippen molar-refractivity contribution in [3.63, 3.8) is 0 Å². The minimum absolute atomic E-state index is 0.411. The molecule has 1 aliphatic rings. The second-order valence-corrected chi connectivity index (χ2v) is 5.03. The number of rotatable bonds is 5. The van der Waals surface area contributed by atoms with Crippen molar-refractivity contribution in [3.8, 4) is 0 Å². The summed E-state index contributed by atoms with van der Waals surface area (Å²) in [5.41, 5.74) is 0. The number of ketones is 1. The minimum Gasteiger partial charge on any atom is -0.302 e. The van der Waals surface area contributed by atoms with E-state index in [0.717, 1.165) is 19.4 Å². The molecular formula is C11H21NOS. The third-order valence-corrected chi connectivity index (χ3v) is 3.69. The molecule has 0 aromatic carbocycles. The van der Waals surface area contributed by atoms with Crippen LogP contribution in [0.1, 0.15) is 32.6 Å². The van der Waals surface area contributed by atoms with Crippen LogP contribution in [0.5, 0.6) is 0 Å². The quantitative estimate of drug-likeness (QED) is 0.701. The van der Waals surface area contributed by atoms with Crippen molar-refractivity contribution in [1.82, 2.24) is 4.90 Å². The lowest BCUT2D eigenvalue weighted by Crippen LogP contribution is -2.27. The van der Waals surface area contributed by atoms with Crippen LogP contribution in [0.15, 0.2) is 0 Å². The number of nitrogens with zero attached hydrogens (tertiary/aromatic N) is 1. The lowest BCUT2D eigenvalue weighted by Gasteiger charge is -2.18. The topological polar surface area (TPSA) is 20.3 Å². The summed E-state index contributed by atoms with van der Waals surface area (Å²) in [7, 11) is 0. The van der Waals surface area contributed by atoms with E-state index in [0.29, 0.717) is 12.2 Å². The Morgan fingerprint density at radius 3 is 3.00 bits per heavy atom. The van der Waals surface area contributed by atoms with Crippen molar-refractivity contribution in [1.29, 1.82) is 0 Å². The van der Waals surface area contributed by atoms with Gasteiger partial charge in [0.25, 0.3) is 0 Å². The largest absolute Gasteiger partial charge is 0.302 e. The van der Waals surface area contributed by atoms with Crippen LogP contribution in [0.4, 0.5) is 0 Å². The predicted octanol–water partition coefficient (Wildman–Crippen LogP) is 2.18. The molecule has 1 heterocycles. The van der Waals surface area contributed by atoms with E-state index in [1.54, 1.807) is 0 Å². The summed E-state index contributed by atoms with van der Waals surface area (Å²) >= 11 is 2.06. The fourth-order valence-corrected chi connectivity index (χ4v) is 2.62. The van der Waals surface area contributed by atoms with Crippen LogP contribution in [0.2, 0.25) is 0 Å². The maximum atomic E-state index is 11.1. The predicted molar refractivity (Wildman–Crippen MR) is 62.9 cm³/mol. The molecule has 1 fully saturated rings. The highest BCUT2D eigenvalue weighted by Crippen LogP contribution is 2.10. The molecule has 0 spiro atoms. The number of carbonyl (C=O) groups excluding carboxylic acids is 1. The molecule has 0 unspecified atom stereocenters. The lowest BCUT2D eigenvalue weighted by molar-refractivity contribution is -0.118. The Kier molecular flexibility index (Phi) is 6.28. The first kappa shape index (κ1) is 12.1. The van der Waals surface area contributed by atoms with E-state index in [2.05, 4.69) is 16.7 Å². The maximum absolute atomic E-state index is 11.1. The van der Waals surface area contributed by atoms with Gasteiger partial charge in [-0.1, -0.05) is 6.92 Å². The SMILES string of the molecule is CCC(=O)CCCN1CCCSCC1. The zero-order valence-electron chi connectivity index (χ0n) is 9.13. The van der Waals surface area contributed by atoms with Gasteiger partial charge in [-0.2, -0.15) is 11.8 Å².